The third-order valence-electron chi connectivity index (χ3n) is 4.55. The van der Waals surface area contributed by atoms with Crippen molar-refractivity contribution in [3.8, 4) is 0 Å². The van der Waals surface area contributed by atoms with Gasteiger partial charge in [0.05, 0.1) is 17.6 Å². The molecule has 0 fully saturated rings. The number of benzene rings is 1. The Bertz CT molecular complexity index is 946. The minimum absolute atomic E-state index is 0.633. The van der Waals surface area contributed by atoms with Gasteiger partial charge in [0.25, 0.3) is 0 Å². The van der Waals surface area contributed by atoms with Gasteiger partial charge in [0.15, 0.2) is 5.65 Å². The van der Waals surface area contributed by atoms with Gasteiger partial charge in [0, 0.05) is 23.6 Å². The molecule has 1 aromatic carbocycles. The summed E-state index contributed by atoms with van der Waals surface area (Å²) in [6.45, 7) is 0.633. The lowest BCUT2D eigenvalue weighted by atomic mass is 10.1. The lowest BCUT2D eigenvalue weighted by molar-refractivity contribution is 0.318. The smallest absolute Gasteiger partial charge is 0.157 e. The Kier molecular flexibility index (Phi) is 4.07. The summed E-state index contributed by atoms with van der Waals surface area (Å²) in [6, 6.07) is 6.12. The maximum atomic E-state index is 9.07. The number of nitrogens with two attached hydrogens (primary N) is 1. The van der Waals surface area contributed by atoms with E-state index in [0.717, 1.165) is 59.8 Å². The molecule has 0 aliphatic heterocycles. The van der Waals surface area contributed by atoms with Crippen molar-refractivity contribution in [2.24, 2.45) is 10.9 Å². The molecule has 1 aliphatic carbocycles. The largest absolute Gasteiger partial charge is 0.411 e. The molecule has 0 atom stereocenters. The zero-order chi connectivity index (χ0) is 17.2. The van der Waals surface area contributed by atoms with Crippen LogP contribution in [0.4, 0.5) is 11.5 Å². The first kappa shape index (κ1) is 15.6. The Morgan fingerprint density at radius 2 is 2.24 bits per heavy atom. The molecule has 7 heteroatoms. The molecule has 0 saturated carbocycles. The summed E-state index contributed by atoms with van der Waals surface area (Å²) in [5.41, 5.74) is 11.4. The van der Waals surface area contributed by atoms with E-state index < -0.39 is 0 Å². The predicted molar refractivity (Wildman–Crippen MR) is 96.7 cm³/mol. The first-order chi connectivity index (χ1) is 12.3. The zero-order valence-corrected chi connectivity index (χ0v) is 13.8. The Balaban J connectivity index is 1.71. The minimum atomic E-state index is 0.633. The maximum absolute atomic E-state index is 9.07. The number of nitrogens with one attached hydrogen (secondary N) is 1. The Labute approximate surface area is 145 Å². The molecule has 128 valence electrons. The number of rotatable bonds is 5. The first-order valence-corrected chi connectivity index (χ1v) is 8.42. The van der Waals surface area contributed by atoms with Crippen molar-refractivity contribution in [3.05, 3.63) is 53.6 Å². The molecule has 4 rings (SSSR count). The molecule has 2 aromatic heterocycles. The highest BCUT2D eigenvalue weighted by Gasteiger charge is 2.19. The van der Waals surface area contributed by atoms with Gasteiger partial charge in [0.2, 0.25) is 0 Å². The highest BCUT2D eigenvalue weighted by atomic mass is 16.4. The number of aromatic nitrogens is 3. The van der Waals surface area contributed by atoms with E-state index in [0.29, 0.717) is 6.54 Å². The van der Waals surface area contributed by atoms with Crippen LogP contribution in [0.3, 0.4) is 0 Å². The standard InChI is InChI=1S/C18H20N6O/c19-7-1-2-16-18(24-9-8-20-11-17(24)22-16)21-13-4-5-14-12(10-13)3-6-15(14)23-25/h4-5,8-11,21,25H,1-3,6-7,19H2. The van der Waals surface area contributed by atoms with Crippen LogP contribution in [0.2, 0.25) is 0 Å². The van der Waals surface area contributed by atoms with E-state index in [4.69, 9.17) is 10.9 Å². The molecule has 0 unspecified atom stereocenters. The summed E-state index contributed by atoms with van der Waals surface area (Å²) < 4.78 is 2.01. The molecule has 25 heavy (non-hydrogen) atoms. The minimum Gasteiger partial charge on any atom is -0.411 e. The second kappa shape index (κ2) is 6.52. The van der Waals surface area contributed by atoms with Gasteiger partial charge in [-0.15, -0.1) is 0 Å². The molecule has 0 saturated heterocycles. The molecule has 7 nitrogen and oxygen atoms in total. The average molecular weight is 336 g/mol. The summed E-state index contributed by atoms with van der Waals surface area (Å²) in [6.07, 6.45) is 8.77. The quantitative estimate of drug-likeness (QED) is 0.491. The number of aryl methyl sites for hydroxylation is 2. The summed E-state index contributed by atoms with van der Waals surface area (Å²) in [4.78, 5) is 8.82. The predicted octanol–water partition coefficient (Wildman–Crippen LogP) is 2.49. The van der Waals surface area contributed by atoms with E-state index in [9.17, 15) is 0 Å². The number of nitrogens with zero attached hydrogens (tertiary/aromatic N) is 4. The zero-order valence-electron chi connectivity index (χ0n) is 13.8. The number of fused-ring (bicyclic) bond motifs is 2. The molecule has 4 N–H and O–H groups in total. The fourth-order valence-electron chi connectivity index (χ4n) is 3.32. The maximum Gasteiger partial charge on any atom is 0.157 e. The normalized spacial score (nSPS) is 15.0. The van der Waals surface area contributed by atoms with Crippen LogP contribution in [0.25, 0.3) is 5.65 Å². The Morgan fingerprint density at radius 1 is 1.32 bits per heavy atom. The van der Waals surface area contributed by atoms with Crippen LogP contribution in [0, 0.1) is 0 Å². The van der Waals surface area contributed by atoms with Crippen molar-refractivity contribution >= 4 is 22.9 Å². The molecule has 0 bridgehead atoms. The Hall–Kier alpha value is -2.93. The number of hydrogen-bond donors (Lipinski definition) is 3. The van der Waals surface area contributed by atoms with Gasteiger partial charge in [-0.3, -0.25) is 9.38 Å². The SMILES string of the molecule is NCCCc1nc2cnccn2c1Nc1ccc2c(c1)CCC2=NO. The van der Waals surface area contributed by atoms with Crippen LogP contribution in [0.1, 0.15) is 29.7 Å². The van der Waals surface area contributed by atoms with Crippen LogP contribution >= 0.6 is 0 Å². The lowest BCUT2D eigenvalue weighted by Gasteiger charge is -2.10. The summed E-state index contributed by atoms with van der Waals surface area (Å²) >= 11 is 0. The van der Waals surface area contributed by atoms with Crippen LogP contribution in [-0.4, -0.2) is 31.8 Å². The van der Waals surface area contributed by atoms with E-state index in [1.54, 1.807) is 12.4 Å². The Morgan fingerprint density at radius 3 is 3.08 bits per heavy atom. The van der Waals surface area contributed by atoms with Gasteiger partial charge in [-0.2, -0.15) is 0 Å². The van der Waals surface area contributed by atoms with E-state index in [1.165, 1.54) is 5.56 Å². The monoisotopic (exact) mass is 336 g/mol. The molecule has 2 heterocycles. The fraction of sp³-hybridized carbons (Fsp3) is 0.278. The van der Waals surface area contributed by atoms with Gasteiger partial charge in [-0.25, -0.2) is 4.98 Å². The molecule has 1 aliphatic rings. The van der Waals surface area contributed by atoms with Crippen molar-refractivity contribution in [3.63, 3.8) is 0 Å². The van der Waals surface area contributed by atoms with Gasteiger partial charge in [0.1, 0.15) is 5.82 Å². The summed E-state index contributed by atoms with van der Waals surface area (Å²) in [5, 5.41) is 16.0. The van der Waals surface area contributed by atoms with Crippen molar-refractivity contribution in [2.45, 2.75) is 25.7 Å². The highest BCUT2D eigenvalue weighted by molar-refractivity contribution is 6.04. The molecule has 3 aromatic rings. The van der Waals surface area contributed by atoms with Crippen LogP contribution < -0.4 is 11.1 Å². The van der Waals surface area contributed by atoms with Crippen molar-refractivity contribution in [2.75, 3.05) is 11.9 Å². The second-order valence-corrected chi connectivity index (χ2v) is 6.15. The third-order valence-corrected chi connectivity index (χ3v) is 4.55. The van der Waals surface area contributed by atoms with E-state index in [2.05, 4.69) is 26.5 Å². The fourth-order valence-corrected chi connectivity index (χ4v) is 3.32. The molecular formula is C18H20N6O. The van der Waals surface area contributed by atoms with Crippen LogP contribution in [-0.2, 0) is 12.8 Å². The van der Waals surface area contributed by atoms with Gasteiger partial charge >= 0.3 is 0 Å². The van der Waals surface area contributed by atoms with Crippen molar-refractivity contribution in [1.29, 1.82) is 0 Å². The molecular weight excluding hydrogens is 316 g/mol. The number of hydrogen-bond acceptors (Lipinski definition) is 6. The number of anilines is 2. The first-order valence-electron chi connectivity index (χ1n) is 8.42. The highest BCUT2D eigenvalue weighted by Crippen LogP contribution is 2.29. The van der Waals surface area contributed by atoms with Crippen LogP contribution in [0.5, 0.6) is 0 Å². The number of imidazole rings is 1. The molecule has 0 spiro atoms. The number of oxime groups is 1. The van der Waals surface area contributed by atoms with Crippen molar-refractivity contribution < 1.29 is 5.21 Å². The van der Waals surface area contributed by atoms with Gasteiger partial charge in [-0.1, -0.05) is 11.2 Å². The van der Waals surface area contributed by atoms with E-state index >= 15 is 0 Å². The lowest BCUT2D eigenvalue weighted by Crippen LogP contribution is -2.03. The van der Waals surface area contributed by atoms with Crippen molar-refractivity contribution in [1.82, 2.24) is 14.4 Å². The molecule has 0 radical (unpaired) electrons. The van der Waals surface area contributed by atoms with Gasteiger partial charge in [-0.05, 0) is 49.9 Å². The summed E-state index contributed by atoms with van der Waals surface area (Å²) in [5.74, 6) is 0.944. The van der Waals surface area contributed by atoms with E-state index in [1.807, 2.05) is 22.7 Å². The third kappa shape index (κ3) is 2.83. The van der Waals surface area contributed by atoms with Crippen LogP contribution in [0.15, 0.2) is 41.9 Å². The topological polar surface area (TPSA) is 101 Å². The summed E-state index contributed by atoms with van der Waals surface area (Å²) in [7, 11) is 0. The average Bonchev–Trinajstić information content (AvgIpc) is 3.21. The second-order valence-electron chi connectivity index (χ2n) is 6.15. The van der Waals surface area contributed by atoms with Gasteiger partial charge < -0.3 is 16.3 Å². The van der Waals surface area contributed by atoms with E-state index in [-0.39, 0.29) is 0 Å². The molecule has 0 amide bonds.